The second-order valence-corrected chi connectivity index (χ2v) is 3.49. The van der Waals surface area contributed by atoms with Crippen molar-refractivity contribution >= 4 is 17.7 Å². The van der Waals surface area contributed by atoms with Crippen LogP contribution in [0.2, 0.25) is 0 Å². The molecule has 0 radical (unpaired) electrons. The fraction of sp³-hybridized carbons (Fsp3) is 0.100. The van der Waals surface area contributed by atoms with Crippen LogP contribution in [0.1, 0.15) is 10.4 Å². The van der Waals surface area contributed by atoms with Crippen molar-refractivity contribution in [3.63, 3.8) is 0 Å². The molecule has 0 saturated heterocycles. The molecule has 0 aliphatic carbocycles. The number of carboxylic acids is 1. The molecule has 14 heavy (non-hydrogen) atoms. The first-order chi connectivity index (χ1) is 6.65. The minimum Gasteiger partial charge on any atom is -0.478 e. The summed E-state index contributed by atoms with van der Waals surface area (Å²) in [7, 11) is 0. The first-order valence-corrected chi connectivity index (χ1v) is 4.73. The highest BCUT2D eigenvalue weighted by Crippen LogP contribution is 2.20. The average Bonchev–Trinajstić information content (AvgIpc) is 2.16. The van der Waals surface area contributed by atoms with Gasteiger partial charge in [-0.05, 0) is 18.2 Å². The quantitative estimate of drug-likeness (QED) is 0.614. The molecule has 0 aliphatic heterocycles. The summed E-state index contributed by atoms with van der Waals surface area (Å²) in [5.41, 5.74) is -0.327. The van der Waals surface area contributed by atoms with E-state index in [0.29, 0.717) is 10.6 Å². The normalized spacial score (nSPS) is 9.43. The van der Waals surface area contributed by atoms with Crippen LogP contribution in [0, 0.1) is 18.2 Å². The molecule has 1 aromatic carbocycles. The van der Waals surface area contributed by atoms with Gasteiger partial charge < -0.3 is 5.11 Å². The Morgan fingerprint density at radius 1 is 1.64 bits per heavy atom. The third-order valence-corrected chi connectivity index (χ3v) is 2.39. The van der Waals surface area contributed by atoms with Crippen molar-refractivity contribution in [2.24, 2.45) is 0 Å². The molecule has 72 valence electrons. The first-order valence-electron chi connectivity index (χ1n) is 3.74. The van der Waals surface area contributed by atoms with Crippen molar-refractivity contribution in [3.8, 4) is 12.3 Å². The van der Waals surface area contributed by atoms with Crippen LogP contribution in [-0.2, 0) is 0 Å². The number of benzene rings is 1. The highest BCUT2D eigenvalue weighted by Gasteiger charge is 2.10. The van der Waals surface area contributed by atoms with E-state index < -0.39 is 11.8 Å². The topological polar surface area (TPSA) is 37.3 Å². The molecule has 0 aromatic heterocycles. The molecule has 0 heterocycles. The molecule has 0 unspecified atom stereocenters. The van der Waals surface area contributed by atoms with Gasteiger partial charge in [-0.2, -0.15) is 0 Å². The minimum atomic E-state index is -1.27. The van der Waals surface area contributed by atoms with Gasteiger partial charge in [0.2, 0.25) is 0 Å². The van der Waals surface area contributed by atoms with Gasteiger partial charge >= 0.3 is 5.97 Å². The number of hydrogen-bond acceptors (Lipinski definition) is 2. The lowest BCUT2D eigenvalue weighted by Gasteiger charge is -2.00. The maximum Gasteiger partial charge on any atom is 0.338 e. The molecule has 0 bridgehead atoms. The Hall–Kier alpha value is -1.47. The Morgan fingerprint density at radius 2 is 2.36 bits per heavy atom. The highest BCUT2D eigenvalue weighted by molar-refractivity contribution is 7.99. The molecule has 1 aromatic rings. The van der Waals surface area contributed by atoms with Crippen molar-refractivity contribution in [2.75, 3.05) is 5.75 Å². The zero-order valence-corrected chi connectivity index (χ0v) is 7.97. The van der Waals surface area contributed by atoms with Crippen molar-refractivity contribution in [1.82, 2.24) is 0 Å². The zero-order valence-electron chi connectivity index (χ0n) is 7.16. The molecule has 0 saturated carbocycles. The Bertz CT molecular complexity index is 396. The van der Waals surface area contributed by atoms with Gasteiger partial charge in [0, 0.05) is 4.90 Å². The second-order valence-electron chi connectivity index (χ2n) is 2.44. The Kier molecular flexibility index (Phi) is 3.55. The molecule has 1 N–H and O–H groups in total. The van der Waals surface area contributed by atoms with Crippen LogP contribution in [0.3, 0.4) is 0 Å². The van der Waals surface area contributed by atoms with Crippen LogP contribution in [0.15, 0.2) is 23.1 Å². The first kappa shape index (κ1) is 10.6. The van der Waals surface area contributed by atoms with E-state index in [0.717, 1.165) is 6.07 Å². The van der Waals surface area contributed by atoms with E-state index in [9.17, 15) is 9.18 Å². The van der Waals surface area contributed by atoms with Crippen molar-refractivity contribution in [3.05, 3.63) is 29.6 Å². The minimum absolute atomic E-state index is 0.327. The number of terminal acetylenes is 1. The molecule has 2 nitrogen and oxygen atoms in total. The van der Waals surface area contributed by atoms with Gasteiger partial charge in [0.05, 0.1) is 11.3 Å². The molecule has 1 rings (SSSR count). The molecule has 0 fully saturated rings. The molecular weight excluding hydrogens is 203 g/mol. The summed E-state index contributed by atoms with van der Waals surface area (Å²) in [6.45, 7) is 0. The van der Waals surface area contributed by atoms with Crippen LogP contribution < -0.4 is 0 Å². The van der Waals surface area contributed by atoms with Crippen LogP contribution >= 0.6 is 11.8 Å². The highest BCUT2D eigenvalue weighted by atomic mass is 32.2. The van der Waals surface area contributed by atoms with Crippen molar-refractivity contribution in [2.45, 2.75) is 4.90 Å². The predicted molar refractivity (Wildman–Crippen MR) is 52.9 cm³/mol. The SMILES string of the molecule is C#CCSc1ccc(F)c(C(=O)O)c1. The largest absolute Gasteiger partial charge is 0.478 e. The maximum atomic E-state index is 12.9. The van der Waals surface area contributed by atoms with Gasteiger partial charge in [-0.3, -0.25) is 0 Å². The number of thioether (sulfide) groups is 1. The Labute approximate surface area is 85.1 Å². The zero-order chi connectivity index (χ0) is 10.6. The number of carbonyl (C=O) groups is 1. The lowest BCUT2D eigenvalue weighted by Crippen LogP contribution is -2.00. The average molecular weight is 210 g/mol. The molecular formula is C10H7FO2S. The van der Waals surface area contributed by atoms with Crippen LogP contribution in [-0.4, -0.2) is 16.8 Å². The number of carboxylic acid groups (broad SMARTS) is 1. The summed E-state index contributed by atoms with van der Waals surface area (Å²) < 4.78 is 12.9. The van der Waals surface area contributed by atoms with E-state index >= 15 is 0 Å². The summed E-state index contributed by atoms with van der Waals surface area (Å²) in [5.74, 6) is 0.830. The van der Waals surface area contributed by atoms with Gasteiger partial charge in [-0.25, -0.2) is 9.18 Å². The Morgan fingerprint density at radius 3 is 2.93 bits per heavy atom. The maximum absolute atomic E-state index is 12.9. The molecule has 0 spiro atoms. The van der Waals surface area contributed by atoms with E-state index in [1.165, 1.54) is 23.9 Å². The van der Waals surface area contributed by atoms with Gasteiger partial charge in [0.15, 0.2) is 0 Å². The molecule has 0 aliphatic rings. The number of aromatic carboxylic acids is 1. The predicted octanol–water partition coefficient (Wildman–Crippen LogP) is 2.25. The summed E-state index contributed by atoms with van der Waals surface area (Å²) in [6, 6.07) is 3.91. The van der Waals surface area contributed by atoms with Gasteiger partial charge in [0.25, 0.3) is 0 Å². The fourth-order valence-electron chi connectivity index (χ4n) is 0.883. The van der Waals surface area contributed by atoms with Crippen LogP contribution in [0.4, 0.5) is 4.39 Å². The summed E-state index contributed by atoms with van der Waals surface area (Å²) >= 11 is 1.29. The van der Waals surface area contributed by atoms with E-state index in [1.54, 1.807) is 0 Å². The smallest absolute Gasteiger partial charge is 0.338 e. The lowest BCUT2D eigenvalue weighted by atomic mass is 10.2. The van der Waals surface area contributed by atoms with Crippen LogP contribution in [0.25, 0.3) is 0 Å². The van der Waals surface area contributed by atoms with Gasteiger partial charge in [0.1, 0.15) is 5.82 Å². The lowest BCUT2D eigenvalue weighted by molar-refractivity contribution is 0.0691. The summed E-state index contributed by atoms with van der Waals surface area (Å²) in [5, 5.41) is 8.63. The van der Waals surface area contributed by atoms with E-state index in [-0.39, 0.29) is 5.56 Å². The van der Waals surface area contributed by atoms with E-state index in [4.69, 9.17) is 11.5 Å². The fourth-order valence-corrected chi connectivity index (χ4v) is 1.50. The molecule has 0 amide bonds. The third kappa shape index (κ3) is 2.51. The summed E-state index contributed by atoms with van der Waals surface area (Å²) in [6.07, 6.45) is 5.04. The number of halogens is 1. The summed E-state index contributed by atoms with van der Waals surface area (Å²) in [4.78, 5) is 11.2. The number of rotatable bonds is 3. The monoisotopic (exact) mass is 210 g/mol. The molecule has 0 atom stereocenters. The molecule has 4 heteroatoms. The van der Waals surface area contributed by atoms with Crippen LogP contribution in [0.5, 0.6) is 0 Å². The van der Waals surface area contributed by atoms with Gasteiger partial charge in [-0.1, -0.05) is 5.92 Å². The van der Waals surface area contributed by atoms with E-state index in [1.807, 2.05) is 0 Å². The van der Waals surface area contributed by atoms with E-state index in [2.05, 4.69) is 5.92 Å². The second kappa shape index (κ2) is 4.68. The third-order valence-electron chi connectivity index (χ3n) is 1.49. The van der Waals surface area contributed by atoms with Crippen molar-refractivity contribution in [1.29, 1.82) is 0 Å². The van der Waals surface area contributed by atoms with Gasteiger partial charge in [-0.15, -0.1) is 18.2 Å². The van der Waals surface area contributed by atoms with Crippen molar-refractivity contribution < 1.29 is 14.3 Å². The Balaban J connectivity index is 2.96. The number of hydrogen-bond donors (Lipinski definition) is 1. The standard InChI is InChI=1S/C10H7FO2S/c1-2-5-14-7-3-4-9(11)8(6-7)10(12)13/h1,3-4,6H,5H2,(H,12,13).